The standard InChI is InChI=1S/C17H17N3OS/c1-12-11-22-17(19-12)20-16(21)18-10-9-14-7-4-6-13-5-2-3-8-15(13)14/h2-8,11H,9-10H2,1H3,(H2,18,19,20,21). The molecule has 0 radical (unpaired) electrons. The third-order valence-corrected chi connectivity index (χ3v) is 4.27. The van der Waals surface area contributed by atoms with Gasteiger partial charge in [-0.3, -0.25) is 5.32 Å². The van der Waals surface area contributed by atoms with E-state index in [0.717, 1.165) is 12.1 Å². The van der Waals surface area contributed by atoms with Gasteiger partial charge in [-0.15, -0.1) is 11.3 Å². The highest BCUT2D eigenvalue weighted by Crippen LogP contribution is 2.18. The molecule has 0 saturated carbocycles. The Morgan fingerprint density at radius 1 is 1.18 bits per heavy atom. The van der Waals surface area contributed by atoms with E-state index in [1.54, 1.807) is 0 Å². The number of carbonyl (C=O) groups excluding carboxylic acids is 1. The van der Waals surface area contributed by atoms with Crippen molar-refractivity contribution in [2.45, 2.75) is 13.3 Å². The Bertz CT molecular complexity index is 792. The highest BCUT2D eigenvalue weighted by Gasteiger charge is 2.05. The predicted octanol–water partition coefficient (Wildman–Crippen LogP) is 3.97. The third kappa shape index (κ3) is 3.43. The predicted molar refractivity (Wildman–Crippen MR) is 91.5 cm³/mol. The molecule has 0 unspecified atom stereocenters. The molecule has 0 atom stereocenters. The lowest BCUT2D eigenvalue weighted by Gasteiger charge is -2.08. The summed E-state index contributed by atoms with van der Waals surface area (Å²) >= 11 is 1.43. The van der Waals surface area contributed by atoms with Crippen LogP contribution in [0.5, 0.6) is 0 Å². The zero-order valence-corrected chi connectivity index (χ0v) is 13.1. The van der Waals surface area contributed by atoms with Gasteiger partial charge in [0, 0.05) is 11.9 Å². The molecule has 3 rings (SSSR count). The number of amides is 2. The van der Waals surface area contributed by atoms with Gasteiger partial charge in [-0.2, -0.15) is 0 Å². The maximum absolute atomic E-state index is 11.8. The van der Waals surface area contributed by atoms with Crippen molar-refractivity contribution in [1.82, 2.24) is 10.3 Å². The molecular formula is C17H17N3OS. The maximum atomic E-state index is 11.8. The summed E-state index contributed by atoms with van der Waals surface area (Å²) in [7, 11) is 0. The van der Waals surface area contributed by atoms with Crippen molar-refractivity contribution in [3.63, 3.8) is 0 Å². The number of anilines is 1. The third-order valence-electron chi connectivity index (χ3n) is 3.40. The number of hydrogen-bond acceptors (Lipinski definition) is 3. The number of benzene rings is 2. The largest absolute Gasteiger partial charge is 0.337 e. The second-order valence-electron chi connectivity index (χ2n) is 5.06. The monoisotopic (exact) mass is 311 g/mol. The number of nitrogens with one attached hydrogen (secondary N) is 2. The fourth-order valence-corrected chi connectivity index (χ4v) is 3.06. The van der Waals surface area contributed by atoms with Crippen LogP contribution in [0.1, 0.15) is 11.3 Å². The summed E-state index contributed by atoms with van der Waals surface area (Å²) in [6, 6.07) is 14.3. The molecule has 0 bridgehead atoms. The van der Waals surface area contributed by atoms with Gasteiger partial charge >= 0.3 is 6.03 Å². The summed E-state index contributed by atoms with van der Waals surface area (Å²) in [6.45, 7) is 2.49. The normalized spacial score (nSPS) is 10.6. The first-order chi connectivity index (χ1) is 10.7. The Morgan fingerprint density at radius 3 is 2.82 bits per heavy atom. The molecule has 112 valence electrons. The van der Waals surface area contributed by atoms with Crippen LogP contribution in [-0.4, -0.2) is 17.6 Å². The molecular weight excluding hydrogens is 294 g/mol. The Hall–Kier alpha value is -2.40. The van der Waals surface area contributed by atoms with Crippen LogP contribution in [0.4, 0.5) is 9.93 Å². The zero-order valence-electron chi connectivity index (χ0n) is 12.3. The Balaban J connectivity index is 1.57. The Labute approximate surface area is 133 Å². The number of rotatable bonds is 4. The number of aryl methyl sites for hydroxylation is 1. The van der Waals surface area contributed by atoms with E-state index in [-0.39, 0.29) is 6.03 Å². The molecule has 0 spiro atoms. The van der Waals surface area contributed by atoms with Gasteiger partial charge in [0.05, 0.1) is 5.69 Å². The first-order valence-corrected chi connectivity index (χ1v) is 8.04. The molecule has 0 saturated heterocycles. The summed E-state index contributed by atoms with van der Waals surface area (Å²) in [5.41, 5.74) is 2.15. The van der Waals surface area contributed by atoms with Crippen molar-refractivity contribution in [1.29, 1.82) is 0 Å². The molecule has 0 aliphatic rings. The molecule has 5 heteroatoms. The smallest absolute Gasteiger partial charge is 0.321 e. The second kappa shape index (κ2) is 6.58. The van der Waals surface area contributed by atoms with Crippen molar-refractivity contribution >= 4 is 33.3 Å². The average Bonchev–Trinajstić information content (AvgIpc) is 2.92. The average molecular weight is 311 g/mol. The minimum absolute atomic E-state index is 0.213. The molecule has 0 aliphatic heterocycles. The number of fused-ring (bicyclic) bond motifs is 1. The quantitative estimate of drug-likeness (QED) is 0.766. The molecule has 4 nitrogen and oxygen atoms in total. The SMILES string of the molecule is Cc1csc(NC(=O)NCCc2cccc3ccccc23)n1. The lowest BCUT2D eigenvalue weighted by atomic mass is 10.0. The van der Waals surface area contributed by atoms with Crippen LogP contribution >= 0.6 is 11.3 Å². The number of thiazole rings is 1. The van der Waals surface area contributed by atoms with Crippen LogP contribution in [0.15, 0.2) is 47.8 Å². The summed E-state index contributed by atoms with van der Waals surface area (Å²) in [6.07, 6.45) is 0.797. The van der Waals surface area contributed by atoms with Crippen LogP contribution in [-0.2, 0) is 6.42 Å². The molecule has 2 aromatic carbocycles. The number of carbonyl (C=O) groups is 1. The number of hydrogen-bond donors (Lipinski definition) is 2. The van der Waals surface area contributed by atoms with Gasteiger partial charge < -0.3 is 5.32 Å². The van der Waals surface area contributed by atoms with E-state index in [2.05, 4.69) is 45.9 Å². The molecule has 2 N–H and O–H groups in total. The number of urea groups is 1. The zero-order chi connectivity index (χ0) is 15.4. The summed E-state index contributed by atoms with van der Waals surface area (Å²) in [5, 5.41) is 10.6. The van der Waals surface area contributed by atoms with Gasteiger partial charge in [-0.1, -0.05) is 42.5 Å². The number of nitrogens with zero attached hydrogens (tertiary/aromatic N) is 1. The second-order valence-corrected chi connectivity index (χ2v) is 5.92. The van der Waals surface area contributed by atoms with E-state index in [0.29, 0.717) is 11.7 Å². The van der Waals surface area contributed by atoms with Crippen LogP contribution in [0.2, 0.25) is 0 Å². The fraction of sp³-hybridized carbons (Fsp3) is 0.176. The van der Waals surface area contributed by atoms with Crippen molar-refractivity contribution in [3.8, 4) is 0 Å². The molecule has 0 aliphatic carbocycles. The minimum atomic E-state index is -0.213. The molecule has 1 heterocycles. The van der Waals surface area contributed by atoms with Gasteiger partial charge in [0.1, 0.15) is 0 Å². The van der Waals surface area contributed by atoms with E-state index >= 15 is 0 Å². The topological polar surface area (TPSA) is 54.0 Å². The lowest BCUT2D eigenvalue weighted by molar-refractivity contribution is 0.252. The molecule has 3 aromatic rings. The fourth-order valence-electron chi connectivity index (χ4n) is 2.37. The van der Waals surface area contributed by atoms with E-state index in [9.17, 15) is 4.79 Å². The summed E-state index contributed by atoms with van der Waals surface area (Å²) in [4.78, 5) is 16.0. The van der Waals surface area contributed by atoms with Crippen molar-refractivity contribution in [3.05, 3.63) is 59.1 Å². The van der Waals surface area contributed by atoms with Gasteiger partial charge in [0.2, 0.25) is 0 Å². The minimum Gasteiger partial charge on any atom is -0.337 e. The van der Waals surface area contributed by atoms with Crippen LogP contribution < -0.4 is 10.6 Å². The van der Waals surface area contributed by atoms with Crippen molar-refractivity contribution in [2.24, 2.45) is 0 Å². The first kappa shape index (κ1) is 14.5. The molecule has 0 fully saturated rings. The van der Waals surface area contributed by atoms with Gasteiger partial charge in [0.25, 0.3) is 0 Å². The van der Waals surface area contributed by atoms with Crippen molar-refractivity contribution < 1.29 is 4.79 Å². The van der Waals surface area contributed by atoms with Gasteiger partial charge in [0.15, 0.2) is 5.13 Å². The van der Waals surface area contributed by atoms with E-state index < -0.39 is 0 Å². The Kier molecular flexibility index (Phi) is 4.34. The van der Waals surface area contributed by atoms with E-state index in [1.807, 2.05) is 24.4 Å². The Morgan fingerprint density at radius 2 is 2.00 bits per heavy atom. The molecule has 22 heavy (non-hydrogen) atoms. The van der Waals surface area contributed by atoms with Gasteiger partial charge in [-0.25, -0.2) is 9.78 Å². The van der Waals surface area contributed by atoms with E-state index in [1.165, 1.54) is 27.7 Å². The van der Waals surface area contributed by atoms with Crippen molar-refractivity contribution in [2.75, 3.05) is 11.9 Å². The van der Waals surface area contributed by atoms with E-state index in [4.69, 9.17) is 0 Å². The number of aromatic nitrogens is 1. The van der Waals surface area contributed by atoms with Crippen LogP contribution in [0.3, 0.4) is 0 Å². The van der Waals surface area contributed by atoms with Crippen LogP contribution in [0, 0.1) is 6.92 Å². The lowest BCUT2D eigenvalue weighted by Crippen LogP contribution is -2.30. The van der Waals surface area contributed by atoms with Crippen LogP contribution in [0.25, 0.3) is 10.8 Å². The molecule has 2 amide bonds. The maximum Gasteiger partial charge on any atom is 0.321 e. The highest BCUT2D eigenvalue weighted by molar-refractivity contribution is 7.13. The summed E-state index contributed by atoms with van der Waals surface area (Å²) < 4.78 is 0. The highest BCUT2D eigenvalue weighted by atomic mass is 32.1. The first-order valence-electron chi connectivity index (χ1n) is 7.16. The summed E-state index contributed by atoms with van der Waals surface area (Å²) in [5.74, 6) is 0. The molecule has 1 aromatic heterocycles. The van der Waals surface area contributed by atoms with Gasteiger partial charge in [-0.05, 0) is 29.7 Å².